The molecule has 0 bridgehead atoms. The van der Waals surface area contributed by atoms with E-state index in [1.165, 1.54) is 6.07 Å². The highest BCUT2D eigenvalue weighted by Gasteiger charge is 2.16. The Bertz CT molecular complexity index is 433. The average molecular weight is 284 g/mol. The summed E-state index contributed by atoms with van der Waals surface area (Å²) in [7, 11) is 1.58. The van der Waals surface area contributed by atoms with E-state index in [1.807, 2.05) is 0 Å². The highest BCUT2D eigenvalue weighted by atomic mass is 16.6. The van der Waals surface area contributed by atoms with Crippen molar-refractivity contribution in [3.63, 3.8) is 0 Å². The number of nitrogens with zero attached hydrogens (tertiary/aromatic N) is 1. The maximum atomic E-state index is 10.9. The van der Waals surface area contributed by atoms with E-state index in [0.29, 0.717) is 25.3 Å². The molecular formula is C13H20N2O5. The Morgan fingerprint density at radius 1 is 1.50 bits per heavy atom. The molecule has 7 nitrogen and oxygen atoms in total. The number of ether oxygens (including phenoxy) is 2. The van der Waals surface area contributed by atoms with Crippen LogP contribution in [0.15, 0.2) is 18.2 Å². The van der Waals surface area contributed by atoms with Crippen LogP contribution in [0.1, 0.15) is 13.3 Å². The summed E-state index contributed by atoms with van der Waals surface area (Å²) in [6, 6.07) is 4.53. The van der Waals surface area contributed by atoms with Gasteiger partial charge < -0.3 is 19.9 Å². The van der Waals surface area contributed by atoms with Crippen LogP contribution in [-0.2, 0) is 4.74 Å². The lowest BCUT2D eigenvalue weighted by molar-refractivity contribution is -0.385. The van der Waals surface area contributed by atoms with Crippen LogP contribution in [0.3, 0.4) is 0 Å². The van der Waals surface area contributed by atoms with Gasteiger partial charge in [-0.3, -0.25) is 10.1 Å². The number of nitro benzene ring substituents is 1. The Morgan fingerprint density at radius 2 is 2.25 bits per heavy atom. The number of aliphatic hydroxyl groups is 1. The molecule has 2 N–H and O–H groups in total. The van der Waals surface area contributed by atoms with Crippen LogP contribution in [0.2, 0.25) is 0 Å². The van der Waals surface area contributed by atoms with E-state index < -0.39 is 4.92 Å². The molecular weight excluding hydrogens is 264 g/mol. The summed E-state index contributed by atoms with van der Waals surface area (Å²) in [4.78, 5) is 10.4. The molecule has 0 spiro atoms. The number of nitrogens with one attached hydrogen (secondary N) is 1. The van der Waals surface area contributed by atoms with Crippen LogP contribution in [0.4, 0.5) is 11.4 Å². The molecule has 0 aliphatic heterocycles. The Labute approximate surface area is 117 Å². The van der Waals surface area contributed by atoms with Crippen LogP contribution < -0.4 is 10.1 Å². The number of anilines is 1. The molecule has 7 heteroatoms. The number of rotatable bonds is 9. The third kappa shape index (κ3) is 4.67. The van der Waals surface area contributed by atoms with E-state index in [9.17, 15) is 10.1 Å². The zero-order valence-corrected chi connectivity index (χ0v) is 11.7. The molecule has 0 aromatic heterocycles. The monoisotopic (exact) mass is 284 g/mol. The second kappa shape index (κ2) is 8.34. The van der Waals surface area contributed by atoms with Gasteiger partial charge in [0.1, 0.15) is 0 Å². The lowest BCUT2D eigenvalue weighted by Crippen LogP contribution is -2.26. The van der Waals surface area contributed by atoms with E-state index in [-0.39, 0.29) is 24.1 Å². The second-order valence-electron chi connectivity index (χ2n) is 4.18. The lowest BCUT2D eigenvalue weighted by Gasteiger charge is -2.18. The SMILES string of the molecule is CCOc1cc(NC(CCO)COC)ccc1[N+](=O)[O-]. The quantitative estimate of drug-likeness (QED) is 0.530. The van der Waals surface area contributed by atoms with Crippen molar-refractivity contribution in [2.45, 2.75) is 19.4 Å². The van der Waals surface area contributed by atoms with Gasteiger partial charge in [-0.2, -0.15) is 0 Å². The van der Waals surface area contributed by atoms with Crippen LogP contribution in [0.5, 0.6) is 5.75 Å². The molecule has 0 fully saturated rings. The van der Waals surface area contributed by atoms with Gasteiger partial charge in [0, 0.05) is 31.5 Å². The first kappa shape index (κ1) is 16.2. The molecule has 0 aliphatic carbocycles. The second-order valence-corrected chi connectivity index (χ2v) is 4.18. The zero-order chi connectivity index (χ0) is 15.0. The van der Waals surface area contributed by atoms with Crippen molar-refractivity contribution in [1.29, 1.82) is 0 Å². The molecule has 1 aromatic rings. The van der Waals surface area contributed by atoms with E-state index >= 15 is 0 Å². The van der Waals surface area contributed by atoms with E-state index in [0.717, 1.165) is 0 Å². The van der Waals surface area contributed by atoms with Crippen molar-refractivity contribution < 1.29 is 19.5 Å². The zero-order valence-electron chi connectivity index (χ0n) is 11.7. The average Bonchev–Trinajstić information content (AvgIpc) is 2.39. The fourth-order valence-corrected chi connectivity index (χ4v) is 1.82. The van der Waals surface area contributed by atoms with Gasteiger partial charge in [0.25, 0.3) is 0 Å². The Morgan fingerprint density at radius 3 is 2.80 bits per heavy atom. The molecule has 20 heavy (non-hydrogen) atoms. The summed E-state index contributed by atoms with van der Waals surface area (Å²) >= 11 is 0. The third-order valence-corrected chi connectivity index (χ3v) is 2.67. The van der Waals surface area contributed by atoms with Crippen LogP contribution in [0, 0.1) is 10.1 Å². The Hall–Kier alpha value is -1.86. The van der Waals surface area contributed by atoms with E-state index in [1.54, 1.807) is 26.2 Å². The summed E-state index contributed by atoms with van der Waals surface area (Å²) < 4.78 is 10.3. The molecule has 0 radical (unpaired) electrons. The highest BCUT2D eigenvalue weighted by Crippen LogP contribution is 2.30. The Balaban J connectivity index is 2.89. The Kier molecular flexibility index (Phi) is 6.75. The minimum atomic E-state index is -0.477. The number of aliphatic hydroxyl groups excluding tert-OH is 1. The minimum Gasteiger partial charge on any atom is -0.487 e. The fourth-order valence-electron chi connectivity index (χ4n) is 1.82. The molecule has 0 saturated carbocycles. The molecule has 0 amide bonds. The largest absolute Gasteiger partial charge is 0.487 e. The molecule has 0 aliphatic rings. The highest BCUT2D eigenvalue weighted by molar-refractivity contribution is 5.58. The van der Waals surface area contributed by atoms with Gasteiger partial charge in [0.2, 0.25) is 0 Å². The summed E-state index contributed by atoms with van der Waals surface area (Å²) in [6.07, 6.45) is 0.523. The number of methoxy groups -OCH3 is 1. The van der Waals surface area contributed by atoms with Crippen molar-refractivity contribution in [2.75, 3.05) is 32.2 Å². The van der Waals surface area contributed by atoms with Gasteiger partial charge in [-0.05, 0) is 19.4 Å². The first-order chi connectivity index (χ1) is 9.62. The third-order valence-electron chi connectivity index (χ3n) is 2.67. The van der Waals surface area contributed by atoms with Crippen LogP contribution in [0.25, 0.3) is 0 Å². The molecule has 1 unspecified atom stereocenters. The predicted octanol–water partition coefficient (Wildman–Crippen LogP) is 1.80. The van der Waals surface area contributed by atoms with Crippen molar-refractivity contribution in [3.8, 4) is 5.75 Å². The molecule has 1 rings (SSSR count). The normalized spacial score (nSPS) is 11.9. The van der Waals surface area contributed by atoms with Gasteiger partial charge in [0.05, 0.1) is 24.2 Å². The van der Waals surface area contributed by atoms with Crippen molar-refractivity contribution >= 4 is 11.4 Å². The van der Waals surface area contributed by atoms with E-state index in [4.69, 9.17) is 14.6 Å². The summed E-state index contributed by atoms with van der Waals surface area (Å²) in [5.74, 6) is 0.225. The first-order valence-corrected chi connectivity index (χ1v) is 6.40. The molecule has 0 heterocycles. The van der Waals surface area contributed by atoms with E-state index in [2.05, 4.69) is 5.32 Å². The number of hydrogen-bond donors (Lipinski definition) is 2. The summed E-state index contributed by atoms with van der Waals surface area (Å²) in [5, 5.41) is 23.0. The van der Waals surface area contributed by atoms with Crippen molar-refractivity contribution in [2.24, 2.45) is 0 Å². The standard InChI is InChI=1S/C13H20N2O5/c1-3-20-13-8-10(4-5-12(13)15(17)18)14-11(6-7-16)9-19-2/h4-5,8,11,14,16H,3,6-7,9H2,1-2H3. The smallest absolute Gasteiger partial charge is 0.311 e. The van der Waals surface area contributed by atoms with Crippen molar-refractivity contribution in [1.82, 2.24) is 0 Å². The maximum absolute atomic E-state index is 10.9. The number of nitro groups is 1. The van der Waals surface area contributed by atoms with Gasteiger partial charge in [0.15, 0.2) is 5.75 Å². The fraction of sp³-hybridized carbons (Fsp3) is 0.538. The topological polar surface area (TPSA) is 93.9 Å². The molecule has 0 saturated heterocycles. The summed E-state index contributed by atoms with van der Waals surface area (Å²) in [6.45, 7) is 2.58. The van der Waals surface area contributed by atoms with Crippen LogP contribution >= 0.6 is 0 Å². The van der Waals surface area contributed by atoms with Crippen LogP contribution in [-0.4, -0.2) is 43.0 Å². The van der Waals surface area contributed by atoms with Gasteiger partial charge >= 0.3 is 5.69 Å². The number of hydrogen-bond acceptors (Lipinski definition) is 6. The first-order valence-electron chi connectivity index (χ1n) is 6.40. The number of benzene rings is 1. The molecule has 1 aromatic carbocycles. The molecule has 112 valence electrons. The van der Waals surface area contributed by atoms with Gasteiger partial charge in [-0.25, -0.2) is 0 Å². The minimum absolute atomic E-state index is 0.0341. The maximum Gasteiger partial charge on any atom is 0.311 e. The lowest BCUT2D eigenvalue weighted by atomic mass is 10.2. The van der Waals surface area contributed by atoms with Crippen molar-refractivity contribution in [3.05, 3.63) is 28.3 Å². The summed E-state index contributed by atoms with van der Waals surface area (Å²) in [5.41, 5.74) is 0.623. The molecule has 1 atom stereocenters. The predicted molar refractivity (Wildman–Crippen MR) is 75.3 cm³/mol. The van der Waals surface area contributed by atoms with Gasteiger partial charge in [-0.15, -0.1) is 0 Å². The van der Waals surface area contributed by atoms with Gasteiger partial charge in [-0.1, -0.05) is 0 Å².